The Morgan fingerprint density at radius 1 is 0.946 bits per heavy atom. The number of fused-ring (bicyclic) bond motifs is 4. The molecule has 0 unspecified atom stereocenters. The molecule has 9 heteroatoms. The minimum Gasteiger partial charge on any atom is -0.448 e. The Kier molecular flexibility index (Phi) is 7.23. The smallest absolute Gasteiger partial charge is 0.407 e. The molecule has 9 nitrogen and oxygen atoms in total. The lowest BCUT2D eigenvalue weighted by molar-refractivity contribution is 0.150. The number of pyridine rings is 1. The van der Waals surface area contributed by atoms with Gasteiger partial charge in [-0.15, -0.1) is 0 Å². The summed E-state index contributed by atoms with van der Waals surface area (Å²) in [5.74, 6) is 0. The number of aromatic nitrogens is 2. The fraction of sp³-hybridized carbons (Fsp3) is 0.286. The first-order valence-electron chi connectivity index (χ1n) is 12.5. The van der Waals surface area contributed by atoms with Crippen LogP contribution in [0, 0.1) is 0 Å². The van der Waals surface area contributed by atoms with Gasteiger partial charge in [0.25, 0.3) is 5.56 Å². The Hall–Kier alpha value is -4.49. The molecule has 0 aliphatic rings. The average Bonchev–Trinajstić information content (AvgIpc) is 3.31. The number of para-hydroxylation sites is 2. The fourth-order valence-electron chi connectivity index (χ4n) is 4.74. The Balaban J connectivity index is 1.22. The predicted molar refractivity (Wildman–Crippen MR) is 144 cm³/mol. The van der Waals surface area contributed by atoms with Crippen molar-refractivity contribution in [2.75, 3.05) is 31.6 Å². The zero-order valence-corrected chi connectivity index (χ0v) is 20.3. The highest BCUT2D eigenvalue weighted by molar-refractivity contribution is 6.18. The van der Waals surface area contributed by atoms with Gasteiger partial charge >= 0.3 is 6.09 Å². The summed E-state index contributed by atoms with van der Waals surface area (Å²) in [5.41, 5.74) is 3.01. The van der Waals surface area contributed by atoms with Gasteiger partial charge in [0.2, 0.25) is 6.08 Å². The number of carbonyl (C=O) groups is 1. The number of alkyl carbamates (subject to hydrolysis) is 1. The first kappa shape index (κ1) is 24.2. The molecule has 0 aliphatic heterocycles. The topological polar surface area (TPSA) is 114 Å². The van der Waals surface area contributed by atoms with Crippen LogP contribution in [0.5, 0.6) is 0 Å². The van der Waals surface area contributed by atoms with E-state index in [1.54, 1.807) is 4.40 Å². The monoisotopic (exact) mass is 497 g/mol. The van der Waals surface area contributed by atoms with E-state index in [1.807, 2.05) is 54.6 Å². The van der Waals surface area contributed by atoms with Crippen LogP contribution in [0.2, 0.25) is 0 Å². The van der Waals surface area contributed by atoms with Gasteiger partial charge in [-0.3, -0.25) is 9.20 Å². The standard InChI is InChI=1S/C28H27N5O4/c34-18-29-14-5-1-2-6-15-31-28(36)37-17-16-30-22-13-12-21-25-19(22)8-7-9-20(25)26-32-23-10-3-4-11-24(23)33(26)27(21)35/h3-4,7-13,30H,1-2,5-6,14-17H2,(H,31,36). The molecule has 188 valence electrons. The van der Waals surface area contributed by atoms with Gasteiger partial charge in [-0.1, -0.05) is 43.2 Å². The van der Waals surface area contributed by atoms with Crippen LogP contribution in [0.25, 0.3) is 38.2 Å². The van der Waals surface area contributed by atoms with Crippen LogP contribution >= 0.6 is 0 Å². The van der Waals surface area contributed by atoms with Gasteiger partial charge in [-0.05, 0) is 37.1 Å². The largest absolute Gasteiger partial charge is 0.448 e. The van der Waals surface area contributed by atoms with E-state index in [0.717, 1.165) is 58.6 Å². The number of isocyanates is 1. The molecule has 5 aromatic rings. The SMILES string of the molecule is O=C=NCCCCCCNC(=O)OCCNc1ccc2c(=O)n3c4ccccc4nc3c3cccc1c23. The van der Waals surface area contributed by atoms with Crippen LogP contribution in [-0.4, -0.2) is 47.8 Å². The van der Waals surface area contributed by atoms with Gasteiger partial charge in [0.05, 0.1) is 17.6 Å². The number of anilines is 1. The van der Waals surface area contributed by atoms with Gasteiger partial charge in [0.1, 0.15) is 12.3 Å². The molecule has 2 N–H and O–H groups in total. The van der Waals surface area contributed by atoms with Gasteiger partial charge in [-0.25, -0.2) is 19.6 Å². The van der Waals surface area contributed by atoms with Crippen LogP contribution in [0.15, 0.2) is 64.4 Å². The highest BCUT2D eigenvalue weighted by Crippen LogP contribution is 2.33. The highest BCUT2D eigenvalue weighted by Gasteiger charge is 2.17. The number of ether oxygens (including phenoxy) is 1. The number of hydrogen-bond donors (Lipinski definition) is 2. The summed E-state index contributed by atoms with van der Waals surface area (Å²) in [6.45, 7) is 1.67. The predicted octanol–water partition coefficient (Wildman–Crippen LogP) is 4.63. The van der Waals surface area contributed by atoms with Crippen LogP contribution in [0.1, 0.15) is 25.7 Å². The number of benzene rings is 3. The summed E-state index contributed by atoms with van der Waals surface area (Å²) >= 11 is 0. The molecule has 0 atom stereocenters. The molecule has 5 rings (SSSR count). The fourth-order valence-corrected chi connectivity index (χ4v) is 4.74. The Bertz CT molecular complexity index is 1670. The first-order chi connectivity index (χ1) is 18.2. The molecule has 0 fully saturated rings. The number of aliphatic imine (C=N–C) groups is 1. The molecule has 2 aromatic heterocycles. The van der Waals surface area contributed by atoms with Crippen molar-refractivity contribution in [3.63, 3.8) is 0 Å². The third-order valence-electron chi connectivity index (χ3n) is 6.46. The second-order valence-electron chi connectivity index (χ2n) is 8.83. The number of unbranched alkanes of at least 4 members (excludes halogenated alkanes) is 3. The second-order valence-corrected chi connectivity index (χ2v) is 8.83. The van der Waals surface area contributed by atoms with E-state index in [1.165, 1.54) is 6.08 Å². The summed E-state index contributed by atoms with van der Waals surface area (Å²) in [6, 6.07) is 17.3. The average molecular weight is 498 g/mol. The number of rotatable bonds is 11. The van der Waals surface area contributed by atoms with Crippen molar-refractivity contribution >= 4 is 56.1 Å². The molecule has 2 heterocycles. The zero-order valence-electron chi connectivity index (χ0n) is 20.3. The first-order valence-corrected chi connectivity index (χ1v) is 12.5. The van der Waals surface area contributed by atoms with Crippen LogP contribution in [-0.2, 0) is 9.53 Å². The molecular weight excluding hydrogens is 470 g/mol. The minimum absolute atomic E-state index is 0.0894. The lowest BCUT2D eigenvalue weighted by Crippen LogP contribution is -2.27. The van der Waals surface area contributed by atoms with E-state index < -0.39 is 6.09 Å². The number of hydrogen-bond acceptors (Lipinski definition) is 7. The van der Waals surface area contributed by atoms with Gasteiger partial charge in [0.15, 0.2) is 0 Å². The number of carbonyl (C=O) groups excluding carboxylic acids is 2. The van der Waals surface area contributed by atoms with E-state index in [0.29, 0.717) is 30.7 Å². The number of imidazole rings is 1. The molecule has 1 amide bonds. The zero-order chi connectivity index (χ0) is 25.6. The third kappa shape index (κ3) is 4.94. The van der Waals surface area contributed by atoms with Crippen molar-refractivity contribution in [1.29, 1.82) is 0 Å². The summed E-state index contributed by atoms with van der Waals surface area (Å²) < 4.78 is 6.96. The van der Waals surface area contributed by atoms with E-state index >= 15 is 0 Å². The summed E-state index contributed by atoms with van der Waals surface area (Å²) in [4.78, 5) is 43.6. The van der Waals surface area contributed by atoms with Crippen molar-refractivity contribution < 1.29 is 14.3 Å². The van der Waals surface area contributed by atoms with Crippen molar-refractivity contribution in [2.24, 2.45) is 4.99 Å². The third-order valence-corrected chi connectivity index (χ3v) is 6.46. The molecule has 37 heavy (non-hydrogen) atoms. The van der Waals surface area contributed by atoms with E-state index in [-0.39, 0.29) is 12.2 Å². The summed E-state index contributed by atoms with van der Waals surface area (Å²) in [7, 11) is 0. The molecule has 0 saturated carbocycles. The van der Waals surface area contributed by atoms with Crippen molar-refractivity contribution in [1.82, 2.24) is 14.7 Å². The Morgan fingerprint density at radius 2 is 1.78 bits per heavy atom. The maximum Gasteiger partial charge on any atom is 0.407 e. The van der Waals surface area contributed by atoms with E-state index in [9.17, 15) is 14.4 Å². The van der Waals surface area contributed by atoms with Gasteiger partial charge < -0.3 is 15.4 Å². The summed E-state index contributed by atoms with van der Waals surface area (Å²) in [6.07, 6.45) is 4.65. The molecule has 0 spiro atoms. The lowest BCUT2D eigenvalue weighted by Gasteiger charge is -2.13. The maximum atomic E-state index is 13.4. The van der Waals surface area contributed by atoms with Crippen LogP contribution < -0.4 is 16.2 Å². The normalized spacial score (nSPS) is 11.2. The number of amides is 1. The molecule has 0 bridgehead atoms. The lowest BCUT2D eigenvalue weighted by atomic mass is 10.0. The summed E-state index contributed by atoms with van der Waals surface area (Å²) in [5, 5.41) is 9.43. The Labute approximate surface area is 212 Å². The molecule has 0 saturated heterocycles. The highest BCUT2D eigenvalue weighted by atomic mass is 16.5. The Morgan fingerprint density at radius 3 is 2.68 bits per heavy atom. The quantitative estimate of drug-likeness (QED) is 0.156. The van der Waals surface area contributed by atoms with Gasteiger partial charge in [0, 0.05) is 40.3 Å². The van der Waals surface area contributed by atoms with Gasteiger partial charge in [-0.2, -0.15) is 0 Å². The van der Waals surface area contributed by atoms with Crippen molar-refractivity contribution in [3.05, 3.63) is 65.0 Å². The number of nitrogens with zero attached hydrogens (tertiary/aromatic N) is 3. The van der Waals surface area contributed by atoms with E-state index in [2.05, 4.69) is 15.6 Å². The molecular formula is C28H27N5O4. The maximum absolute atomic E-state index is 13.4. The van der Waals surface area contributed by atoms with Crippen molar-refractivity contribution in [3.8, 4) is 0 Å². The second kappa shape index (κ2) is 11.1. The molecule has 0 aliphatic carbocycles. The molecule has 3 aromatic carbocycles. The van der Waals surface area contributed by atoms with Crippen LogP contribution in [0.3, 0.4) is 0 Å². The van der Waals surface area contributed by atoms with E-state index in [4.69, 9.17) is 9.72 Å². The number of nitrogens with one attached hydrogen (secondary N) is 2. The molecule has 0 radical (unpaired) electrons. The minimum atomic E-state index is -0.450. The van der Waals surface area contributed by atoms with Crippen molar-refractivity contribution in [2.45, 2.75) is 25.7 Å². The van der Waals surface area contributed by atoms with Crippen LogP contribution in [0.4, 0.5) is 10.5 Å².